The number of ether oxygens (including phenoxy) is 1. The quantitative estimate of drug-likeness (QED) is 0.851. The number of benzene rings is 2. The van der Waals surface area contributed by atoms with Gasteiger partial charge in [0, 0.05) is 6.21 Å². The van der Waals surface area contributed by atoms with E-state index in [1.54, 1.807) is 36.5 Å². The molecule has 0 radical (unpaired) electrons. The van der Waals surface area contributed by atoms with E-state index in [0.717, 1.165) is 5.56 Å². The lowest BCUT2D eigenvalue weighted by Crippen LogP contribution is -2.22. The fraction of sp³-hybridized carbons (Fsp3) is 0.125. The number of carbonyl (C=O) groups is 1. The van der Waals surface area contributed by atoms with Gasteiger partial charge < -0.3 is 9.84 Å². The number of para-hydroxylation sites is 1. The molecule has 21 heavy (non-hydrogen) atoms. The highest BCUT2D eigenvalue weighted by Crippen LogP contribution is 2.23. The first-order valence-corrected chi connectivity index (χ1v) is 6.72. The van der Waals surface area contributed by atoms with Gasteiger partial charge in [0.2, 0.25) is 0 Å². The molecule has 0 heterocycles. The second kappa shape index (κ2) is 6.90. The third-order valence-corrected chi connectivity index (χ3v) is 3.07. The van der Waals surface area contributed by atoms with E-state index in [-0.39, 0.29) is 0 Å². The predicted octanol–water partition coefficient (Wildman–Crippen LogP) is 3.94. The van der Waals surface area contributed by atoms with Crippen molar-refractivity contribution in [2.75, 3.05) is 0 Å². The smallest absolute Gasteiger partial charge is 0.344 e. The fourth-order valence-electron chi connectivity index (χ4n) is 1.59. The summed E-state index contributed by atoms with van der Waals surface area (Å²) in [7, 11) is 0. The Morgan fingerprint density at radius 3 is 2.52 bits per heavy atom. The Morgan fingerprint density at radius 2 is 1.90 bits per heavy atom. The minimum absolute atomic E-state index is 0.500. The van der Waals surface area contributed by atoms with E-state index in [1.807, 2.05) is 18.2 Å². The van der Waals surface area contributed by atoms with Gasteiger partial charge >= 0.3 is 5.97 Å². The topological polar surface area (TPSA) is 58.9 Å². The van der Waals surface area contributed by atoms with E-state index < -0.39 is 12.1 Å². The molecule has 5 heteroatoms. The highest BCUT2D eigenvalue weighted by Gasteiger charge is 2.11. The van der Waals surface area contributed by atoms with Crippen molar-refractivity contribution in [3.05, 3.63) is 59.1 Å². The Kier molecular flexibility index (Phi) is 4.95. The maximum Gasteiger partial charge on any atom is 0.344 e. The first-order chi connectivity index (χ1) is 10.1. The zero-order valence-electron chi connectivity index (χ0n) is 11.4. The molecule has 0 aliphatic carbocycles. The van der Waals surface area contributed by atoms with Gasteiger partial charge in [-0.15, -0.1) is 0 Å². The van der Waals surface area contributed by atoms with Crippen LogP contribution in [0.3, 0.4) is 0 Å². The molecular weight excluding hydrogens is 290 g/mol. The molecule has 1 N–H and O–H groups in total. The van der Waals surface area contributed by atoms with Crippen molar-refractivity contribution < 1.29 is 14.6 Å². The lowest BCUT2D eigenvalue weighted by atomic mass is 10.2. The van der Waals surface area contributed by atoms with E-state index in [0.29, 0.717) is 16.5 Å². The molecule has 0 aliphatic rings. The Balaban J connectivity index is 2.06. The number of hydrogen-bond acceptors (Lipinski definition) is 3. The molecule has 0 amide bonds. The molecular formula is C16H14ClNO3. The normalized spacial score (nSPS) is 12.3. The highest BCUT2D eigenvalue weighted by molar-refractivity contribution is 6.33. The van der Waals surface area contributed by atoms with Crippen molar-refractivity contribution in [1.82, 2.24) is 0 Å². The summed E-state index contributed by atoms with van der Waals surface area (Å²) in [5.74, 6) is -0.501. The Hall–Kier alpha value is -2.33. The van der Waals surface area contributed by atoms with Crippen LogP contribution in [0.15, 0.2) is 53.5 Å². The lowest BCUT2D eigenvalue weighted by molar-refractivity contribution is -0.144. The molecule has 1 atom stereocenters. The van der Waals surface area contributed by atoms with Crippen molar-refractivity contribution >= 4 is 29.5 Å². The molecule has 0 aliphatic heterocycles. The second-order valence-corrected chi connectivity index (χ2v) is 4.78. The Bertz CT molecular complexity index is 653. The summed E-state index contributed by atoms with van der Waals surface area (Å²) >= 11 is 6.01. The summed E-state index contributed by atoms with van der Waals surface area (Å²) in [6.07, 6.45) is 0.804. The van der Waals surface area contributed by atoms with Gasteiger partial charge in [-0.25, -0.2) is 4.79 Å². The van der Waals surface area contributed by atoms with Gasteiger partial charge in [-0.1, -0.05) is 23.7 Å². The first-order valence-electron chi connectivity index (χ1n) is 6.34. The van der Waals surface area contributed by atoms with Crippen LogP contribution in [0.5, 0.6) is 5.75 Å². The number of rotatable bonds is 5. The zero-order chi connectivity index (χ0) is 15.2. The van der Waals surface area contributed by atoms with Crippen LogP contribution < -0.4 is 4.74 Å². The maximum absolute atomic E-state index is 10.7. The van der Waals surface area contributed by atoms with Crippen LogP contribution in [-0.4, -0.2) is 23.4 Å². The number of nitrogens with zero attached hydrogens (tertiary/aromatic N) is 1. The predicted molar refractivity (Wildman–Crippen MR) is 82.9 cm³/mol. The third-order valence-electron chi connectivity index (χ3n) is 2.75. The van der Waals surface area contributed by atoms with E-state index in [2.05, 4.69) is 4.99 Å². The van der Waals surface area contributed by atoms with Crippen LogP contribution in [-0.2, 0) is 4.79 Å². The van der Waals surface area contributed by atoms with Gasteiger partial charge in [-0.05, 0) is 48.9 Å². The molecule has 0 saturated carbocycles. The summed E-state index contributed by atoms with van der Waals surface area (Å²) in [6, 6.07) is 14.3. The van der Waals surface area contributed by atoms with E-state index in [4.69, 9.17) is 21.4 Å². The van der Waals surface area contributed by atoms with Gasteiger partial charge in [0.15, 0.2) is 6.10 Å². The molecule has 0 spiro atoms. The Morgan fingerprint density at radius 1 is 1.24 bits per heavy atom. The molecule has 2 aromatic rings. The molecule has 108 valence electrons. The van der Waals surface area contributed by atoms with Crippen molar-refractivity contribution in [3.63, 3.8) is 0 Å². The van der Waals surface area contributed by atoms with Crippen molar-refractivity contribution in [1.29, 1.82) is 0 Å². The Labute approximate surface area is 127 Å². The SMILES string of the molecule is C[C@H](Oc1ccc(C=Nc2ccccc2Cl)cc1)C(=O)O. The van der Waals surface area contributed by atoms with Crippen molar-refractivity contribution in [2.45, 2.75) is 13.0 Å². The molecule has 2 rings (SSSR count). The van der Waals surface area contributed by atoms with Crippen LogP contribution in [0.4, 0.5) is 5.69 Å². The first kappa shape index (κ1) is 15.1. The number of aliphatic imine (C=N–C) groups is 1. The molecule has 0 unspecified atom stereocenters. The average molecular weight is 304 g/mol. The van der Waals surface area contributed by atoms with Crippen LogP contribution in [0, 0.1) is 0 Å². The van der Waals surface area contributed by atoms with Gasteiger partial charge in [0.05, 0.1) is 10.7 Å². The van der Waals surface area contributed by atoms with E-state index in [1.165, 1.54) is 6.92 Å². The van der Waals surface area contributed by atoms with Crippen LogP contribution in [0.25, 0.3) is 0 Å². The van der Waals surface area contributed by atoms with Gasteiger partial charge in [0.1, 0.15) is 5.75 Å². The van der Waals surface area contributed by atoms with Crippen molar-refractivity contribution in [3.8, 4) is 5.75 Å². The highest BCUT2D eigenvalue weighted by atomic mass is 35.5. The van der Waals surface area contributed by atoms with Crippen LogP contribution in [0.1, 0.15) is 12.5 Å². The number of aliphatic carboxylic acids is 1. The summed E-state index contributed by atoms with van der Waals surface area (Å²) in [6.45, 7) is 1.48. The number of carboxylic acid groups (broad SMARTS) is 1. The summed E-state index contributed by atoms with van der Waals surface area (Å²) < 4.78 is 5.25. The number of halogens is 1. The summed E-state index contributed by atoms with van der Waals surface area (Å²) in [5, 5.41) is 9.36. The van der Waals surface area contributed by atoms with E-state index >= 15 is 0 Å². The summed E-state index contributed by atoms with van der Waals surface area (Å²) in [5.41, 5.74) is 1.56. The number of carboxylic acids is 1. The molecule has 0 aromatic heterocycles. The molecule has 2 aromatic carbocycles. The van der Waals surface area contributed by atoms with Crippen LogP contribution >= 0.6 is 11.6 Å². The minimum atomic E-state index is -1.00. The van der Waals surface area contributed by atoms with Gasteiger partial charge in [-0.2, -0.15) is 0 Å². The monoisotopic (exact) mass is 303 g/mol. The second-order valence-electron chi connectivity index (χ2n) is 4.38. The zero-order valence-corrected chi connectivity index (χ0v) is 12.1. The van der Waals surface area contributed by atoms with E-state index in [9.17, 15) is 4.79 Å². The van der Waals surface area contributed by atoms with Gasteiger partial charge in [0.25, 0.3) is 0 Å². The minimum Gasteiger partial charge on any atom is -0.479 e. The standard InChI is InChI=1S/C16H14ClNO3/c1-11(16(19)20)21-13-8-6-12(7-9-13)10-18-15-5-3-2-4-14(15)17/h2-11H,1H3,(H,19,20)/t11-/m0/s1. The molecule has 0 saturated heterocycles. The molecule has 0 bridgehead atoms. The number of hydrogen-bond donors (Lipinski definition) is 1. The van der Waals surface area contributed by atoms with Crippen molar-refractivity contribution in [2.24, 2.45) is 4.99 Å². The van der Waals surface area contributed by atoms with Gasteiger partial charge in [-0.3, -0.25) is 4.99 Å². The summed E-state index contributed by atoms with van der Waals surface area (Å²) in [4.78, 5) is 15.0. The average Bonchev–Trinajstić information content (AvgIpc) is 2.48. The van der Waals surface area contributed by atoms with Crippen LogP contribution in [0.2, 0.25) is 5.02 Å². The lowest BCUT2D eigenvalue weighted by Gasteiger charge is -2.09. The third kappa shape index (κ3) is 4.33. The molecule has 4 nitrogen and oxygen atoms in total. The maximum atomic E-state index is 10.7. The molecule has 0 fully saturated rings. The fourth-order valence-corrected chi connectivity index (χ4v) is 1.77. The largest absolute Gasteiger partial charge is 0.479 e.